The molecule has 0 amide bonds. The Hall–Kier alpha value is -1.71. The highest BCUT2D eigenvalue weighted by atomic mass is 15.2. The van der Waals surface area contributed by atoms with Crippen LogP contribution in [0.2, 0.25) is 0 Å². The van der Waals surface area contributed by atoms with Crippen LogP contribution >= 0.6 is 0 Å². The van der Waals surface area contributed by atoms with Crippen molar-refractivity contribution in [3.63, 3.8) is 0 Å². The molecule has 3 atom stereocenters. The van der Waals surface area contributed by atoms with Gasteiger partial charge in [0.15, 0.2) is 0 Å². The third-order valence-corrected chi connectivity index (χ3v) is 8.29. The Balaban J connectivity index is 1.61. The van der Waals surface area contributed by atoms with E-state index in [4.69, 9.17) is 0 Å². The second kappa shape index (κ2) is 18.5. The number of hydrogen-bond donors (Lipinski definition) is 1. The number of allylic oxidation sites excluding steroid dienone is 9. The van der Waals surface area contributed by atoms with Crippen LogP contribution in [0.25, 0.3) is 0 Å². The van der Waals surface area contributed by atoms with Crippen molar-refractivity contribution in [3.8, 4) is 0 Å². The number of hydrogen-bond acceptors (Lipinski definition) is 3. The minimum Gasteiger partial charge on any atom is -0.314 e. The van der Waals surface area contributed by atoms with Gasteiger partial charge in [0, 0.05) is 19.1 Å². The Morgan fingerprint density at radius 1 is 1.19 bits per heavy atom. The summed E-state index contributed by atoms with van der Waals surface area (Å²) in [5, 5.41) is 3.76. The zero-order chi connectivity index (χ0) is 26.0. The van der Waals surface area contributed by atoms with Gasteiger partial charge in [-0.2, -0.15) is 0 Å². The monoisotopic (exact) mass is 493 g/mol. The van der Waals surface area contributed by atoms with Crippen LogP contribution in [0, 0.1) is 17.8 Å². The highest BCUT2D eigenvalue weighted by Crippen LogP contribution is 2.29. The first-order chi connectivity index (χ1) is 17.5. The smallest absolute Gasteiger partial charge is 0.0902 e. The lowest BCUT2D eigenvalue weighted by molar-refractivity contribution is 0.184. The Kier molecular flexibility index (Phi) is 15.7. The molecular formula is C33H55N3. The van der Waals surface area contributed by atoms with Gasteiger partial charge in [-0.25, -0.2) is 0 Å². The molecule has 1 aliphatic heterocycles. The van der Waals surface area contributed by atoms with Gasteiger partial charge in [0.1, 0.15) is 0 Å². The normalized spacial score (nSPS) is 22.5. The largest absolute Gasteiger partial charge is 0.314 e. The van der Waals surface area contributed by atoms with Crippen molar-refractivity contribution in [3.05, 3.63) is 59.8 Å². The zero-order valence-corrected chi connectivity index (χ0v) is 23.9. The van der Waals surface area contributed by atoms with Crippen LogP contribution in [0.3, 0.4) is 0 Å². The van der Waals surface area contributed by atoms with Gasteiger partial charge in [0.25, 0.3) is 0 Å². The summed E-state index contributed by atoms with van der Waals surface area (Å²) in [5.41, 5.74) is 3.13. The van der Waals surface area contributed by atoms with Crippen LogP contribution in [0.4, 0.5) is 0 Å². The molecule has 0 aromatic carbocycles. The molecule has 1 aliphatic carbocycles. The van der Waals surface area contributed by atoms with Crippen LogP contribution < -0.4 is 5.32 Å². The summed E-state index contributed by atoms with van der Waals surface area (Å²) in [7, 11) is 0. The maximum atomic E-state index is 4.03. The van der Waals surface area contributed by atoms with Crippen LogP contribution in [0.1, 0.15) is 91.9 Å². The molecule has 1 heterocycles. The summed E-state index contributed by atoms with van der Waals surface area (Å²) >= 11 is 0. The number of piperidine rings is 1. The standard InChI is InChI=1S/C33H55N3/c1-6-28(3)13-10-8-9-11-24-35-29(4)33-20-18-31(19-21-33)15-12-14-30(7-2)16-17-32-22-25-36(26-23-32)27-34-5/h7-10,12-14,18,28-29,32-33,35H,5-6,11,15-17,19-27H2,1-4H3/b9-8-,13-10-,14-12-,30-7+. The van der Waals surface area contributed by atoms with Gasteiger partial charge in [0.2, 0.25) is 0 Å². The van der Waals surface area contributed by atoms with Gasteiger partial charge in [-0.3, -0.25) is 9.89 Å². The molecule has 0 aromatic heterocycles. The number of rotatable bonds is 16. The molecule has 1 saturated heterocycles. The zero-order valence-electron chi connectivity index (χ0n) is 23.9. The average Bonchev–Trinajstić information content (AvgIpc) is 2.91. The van der Waals surface area contributed by atoms with E-state index in [0.717, 1.165) is 37.9 Å². The van der Waals surface area contributed by atoms with E-state index < -0.39 is 0 Å². The molecule has 0 bridgehead atoms. The predicted molar refractivity (Wildman–Crippen MR) is 161 cm³/mol. The number of nitrogens with zero attached hydrogens (tertiary/aromatic N) is 2. The lowest BCUT2D eigenvalue weighted by Crippen LogP contribution is -2.34. The molecule has 3 nitrogen and oxygen atoms in total. The first kappa shape index (κ1) is 30.5. The molecule has 0 radical (unpaired) electrons. The fraction of sp³-hybridized carbons (Fsp3) is 0.667. The van der Waals surface area contributed by atoms with Gasteiger partial charge in [-0.05, 0) is 103 Å². The number of likely N-dealkylation sites (tertiary alicyclic amines) is 1. The summed E-state index contributed by atoms with van der Waals surface area (Å²) in [5.74, 6) is 2.31. The molecule has 2 rings (SSSR count). The quantitative estimate of drug-likeness (QED) is 0.101. The van der Waals surface area contributed by atoms with E-state index >= 15 is 0 Å². The van der Waals surface area contributed by atoms with E-state index in [-0.39, 0.29) is 0 Å². The fourth-order valence-electron chi connectivity index (χ4n) is 5.29. The fourth-order valence-corrected chi connectivity index (χ4v) is 5.29. The molecule has 3 heteroatoms. The summed E-state index contributed by atoms with van der Waals surface area (Å²) in [4.78, 5) is 6.45. The molecule has 0 spiro atoms. The van der Waals surface area contributed by atoms with Crippen molar-refractivity contribution in [2.24, 2.45) is 22.7 Å². The molecule has 2 aliphatic rings. The molecule has 0 aromatic rings. The van der Waals surface area contributed by atoms with E-state index in [2.05, 4.69) is 98.2 Å². The van der Waals surface area contributed by atoms with Crippen LogP contribution in [-0.2, 0) is 0 Å². The first-order valence-electron chi connectivity index (χ1n) is 14.8. The second-order valence-corrected chi connectivity index (χ2v) is 11.1. The Bertz CT molecular complexity index is 749. The minimum atomic E-state index is 0.594. The van der Waals surface area contributed by atoms with E-state index in [9.17, 15) is 0 Å². The van der Waals surface area contributed by atoms with Gasteiger partial charge < -0.3 is 5.32 Å². The third kappa shape index (κ3) is 12.5. The average molecular weight is 494 g/mol. The summed E-state index contributed by atoms with van der Waals surface area (Å²) in [6, 6.07) is 0.594. The lowest BCUT2D eigenvalue weighted by Gasteiger charge is -2.30. The molecule has 0 saturated carbocycles. The van der Waals surface area contributed by atoms with Crippen LogP contribution in [0.15, 0.2) is 64.7 Å². The van der Waals surface area contributed by atoms with Crippen molar-refractivity contribution < 1.29 is 0 Å². The van der Waals surface area contributed by atoms with Gasteiger partial charge in [-0.1, -0.05) is 80.0 Å². The van der Waals surface area contributed by atoms with E-state index in [1.54, 1.807) is 5.57 Å². The van der Waals surface area contributed by atoms with Crippen LogP contribution in [-0.4, -0.2) is 44.0 Å². The molecule has 36 heavy (non-hydrogen) atoms. The topological polar surface area (TPSA) is 27.6 Å². The second-order valence-electron chi connectivity index (χ2n) is 11.1. The predicted octanol–water partition coefficient (Wildman–Crippen LogP) is 8.28. The van der Waals surface area contributed by atoms with Gasteiger partial charge in [-0.15, -0.1) is 0 Å². The lowest BCUT2D eigenvalue weighted by atomic mass is 9.84. The van der Waals surface area contributed by atoms with Crippen LogP contribution in [0.5, 0.6) is 0 Å². The number of nitrogens with one attached hydrogen (secondary N) is 1. The van der Waals surface area contributed by atoms with E-state index in [1.165, 1.54) is 70.0 Å². The van der Waals surface area contributed by atoms with Crippen molar-refractivity contribution in [1.29, 1.82) is 0 Å². The first-order valence-corrected chi connectivity index (χ1v) is 14.8. The van der Waals surface area contributed by atoms with Crippen molar-refractivity contribution in [2.45, 2.75) is 97.9 Å². The van der Waals surface area contributed by atoms with E-state index in [0.29, 0.717) is 12.0 Å². The van der Waals surface area contributed by atoms with Crippen molar-refractivity contribution >= 4 is 6.72 Å². The maximum absolute atomic E-state index is 4.03. The van der Waals surface area contributed by atoms with Crippen molar-refractivity contribution in [2.75, 3.05) is 26.3 Å². The Morgan fingerprint density at radius 2 is 2.00 bits per heavy atom. The SMILES string of the molecule is C=NCN1CCC(CCC(/C=C\CC2=CCC(C(C)NCC/C=C\C=C/C(C)CC)CC2)=C/C)CC1. The molecular weight excluding hydrogens is 438 g/mol. The summed E-state index contributed by atoms with van der Waals surface area (Å²) in [6.07, 6.45) is 31.0. The molecule has 3 unspecified atom stereocenters. The Morgan fingerprint density at radius 3 is 2.67 bits per heavy atom. The number of aliphatic imine (C=N–C) groups is 1. The molecule has 1 N–H and O–H groups in total. The van der Waals surface area contributed by atoms with E-state index in [1.807, 2.05) is 0 Å². The summed E-state index contributed by atoms with van der Waals surface area (Å²) in [6.45, 7) is 16.9. The summed E-state index contributed by atoms with van der Waals surface area (Å²) < 4.78 is 0. The highest BCUT2D eigenvalue weighted by Gasteiger charge is 2.20. The minimum absolute atomic E-state index is 0.594. The van der Waals surface area contributed by atoms with Crippen molar-refractivity contribution in [1.82, 2.24) is 10.2 Å². The maximum Gasteiger partial charge on any atom is 0.0902 e. The highest BCUT2D eigenvalue weighted by molar-refractivity contribution is 5.23. The van der Waals surface area contributed by atoms with Gasteiger partial charge >= 0.3 is 0 Å². The molecule has 202 valence electrons. The van der Waals surface area contributed by atoms with Gasteiger partial charge in [0.05, 0.1) is 6.67 Å². The Labute approximate surface area is 223 Å². The molecule has 1 fully saturated rings. The third-order valence-electron chi connectivity index (χ3n) is 8.29.